The van der Waals surface area contributed by atoms with Crippen LogP contribution in [0, 0.1) is 5.92 Å². The lowest BCUT2D eigenvalue weighted by molar-refractivity contribution is 0.0180. The molecule has 3 aromatic carbocycles. The maximum atomic E-state index is 12.4. The number of aromatic nitrogens is 2. The highest BCUT2D eigenvalue weighted by molar-refractivity contribution is 6.30. The van der Waals surface area contributed by atoms with E-state index in [0.717, 1.165) is 84.7 Å². The molecule has 8 heteroatoms. The Morgan fingerprint density at radius 2 is 1.71 bits per heavy atom. The van der Waals surface area contributed by atoms with E-state index in [1.54, 1.807) is 0 Å². The predicted molar refractivity (Wildman–Crippen MR) is 166 cm³/mol. The van der Waals surface area contributed by atoms with E-state index in [-0.39, 0.29) is 6.09 Å². The average molecular weight is 590 g/mol. The van der Waals surface area contributed by atoms with Crippen molar-refractivity contribution in [1.82, 2.24) is 14.9 Å². The number of ether oxygens (including phenoxy) is 3. The number of aryl methyl sites for hydroxylation is 1. The molecule has 0 atom stereocenters. The number of likely N-dealkylation sites (tertiary alicyclic amines) is 1. The van der Waals surface area contributed by atoms with Crippen LogP contribution in [0.2, 0.25) is 5.02 Å². The van der Waals surface area contributed by atoms with Gasteiger partial charge in [-0.1, -0.05) is 48.0 Å². The number of carbonyl (C=O) groups is 1. The molecule has 42 heavy (non-hydrogen) atoms. The van der Waals surface area contributed by atoms with E-state index in [4.69, 9.17) is 30.8 Å². The number of hydrogen-bond donors (Lipinski definition) is 1. The SMILES string of the molecule is CC(C)(C)OC(=O)N1CCC(CCCc2ccc3[nH]c(COc4ccc(Cl)cc4)nc3c2OCc2ccccc2)CC1. The zero-order chi connectivity index (χ0) is 29.5. The molecule has 0 bridgehead atoms. The van der Waals surface area contributed by atoms with Crippen molar-refractivity contribution >= 4 is 28.7 Å². The maximum Gasteiger partial charge on any atom is 0.410 e. The molecule has 0 aliphatic carbocycles. The number of nitrogens with zero attached hydrogens (tertiary/aromatic N) is 2. The Morgan fingerprint density at radius 3 is 2.43 bits per heavy atom. The Hall–Kier alpha value is -3.71. The molecule has 4 aromatic rings. The number of fused-ring (bicyclic) bond motifs is 1. The highest BCUT2D eigenvalue weighted by atomic mass is 35.5. The van der Waals surface area contributed by atoms with Gasteiger partial charge in [-0.3, -0.25) is 0 Å². The van der Waals surface area contributed by atoms with E-state index < -0.39 is 5.60 Å². The number of H-pyrrole nitrogens is 1. The van der Waals surface area contributed by atoms with Gasteiger partial charge >= 0.3 is 6.09 Å². The molecule has 1 amide bonds. The van der Waals surface area contributed by atoms with Gasteiger partial charge in [0.05, 0.1) is 5.52 Å². The summed E-state index contributed by atoms with van der Waals surface area (Å²) < 4.78 is 17.9. The van der Waals surface area contributed by atoms with Crippen molar-refractivity contribution in [3.63, 3.8) is 0 Å². The fourth-order valence-electron chi connectivity index (χ4n) is 5.29. The molecule has 5 rings (SSSR count). The zero-order valence-corrected chi connectivity index (χ0v) is 25.5. The highest BCUT2D eigenvalue weighted by Crippen LogP contribution is 2.32. The Balaban J connectivity index is 1.23. The Morgan fingerprint density at radius 1 is 0.976 bits per heavy atom. The summed E-state index contributed by atoms with van der Waals surface area (Å²) in [6.07, 6.45) is 4.86. The van der Waals surface area contributed by atoms with E-state index in [0.29, 0.717) is 24.2 Å². The molecule has 0 saturated carbocycles. The van der Waals surface area contributed by atoms with Crippen LogP contribution in [-0.2, 0) is 24.4 Å². The first-order valence-electron chi connectivity index (χ1n) is 14.8. The smallest absolute Gasteiger partial charge is 0.410 e. The zero-order valence-electron chi connectivity index (χ0n) is 24.7. The van der Waals surface area contributed by atoms with Gasteiger partial charge in [0.1, 0.15) is 35.9 Å². The van der Waals surface area contributed by atoms with Crippen LogP contribution in [-0.4, -0.2) is 39.7 Å². The fourth-order valence-corrected chi connectivity index (χ4v) is 5.42. The van der Waals surface area contributed by atoms with Crippen LogP contribution < -0.4 is 9.47 Å². The monoisotopic (exact) mass is 589 g/mol. The molecule has 0 spiro atoms. The molecule has 222 valence electrons. The summed E-state index contributed by atoms with van der Waals surface area (Å²) in [5.74, 6) is 2.89. The van der Waals surface area contributed by atoms with Gasteiger partial charge in [-0.15, -0.1) is 0 Å². The number of amides is 1. The molecule has 1 aliphatic heterocycles. The van der Waals surface area contributed by atoms with Gasteiger partial charge < -0.3 is 24.1 Å². The third-order valence-electron chi connectivity index (χ3n) is 7.48. The van der Waals surface area contributed by atoms with Crippen LogP contribution >= 0.6 is 11.6 Å². The van der Waals surface area contributed by atoms with Gasteiger partial charge in [-0.05, 0) is 100 Å². The van der Waals surface area contributed by atoms with Crippen LogP contribution in [0.3, 0.4) is 0 Å². The van der Waals surface area contributed by atoms with Crippen molar-refractivity contribution in [2.24, 2.45) is 5.92 Å². The van der Waals surface area contributed by atoms with Crippen molar-refractivity contribution in [3.05, 3.63) is 88.7 Å². The van der Waals surface area contributed by atoms with Crippen LogP contribution in [0.1, 0.15) is 63.4 Å². The first-order valence-corrected chi connectivity index (χ1v) is 15.1. The van der Waals surface area contributed by atoms with Crippen LogP contribution in [0.5, 0.6) is 11.5 Å². The van der Waals surface area contributed by atoms with Crippen molar-refractivity contribution < 1.29 is 19.0 Å². The Bertz CT molecular complexity index is 1460. The summed E-state index contributed by atoms with van der Waals surface area (Å²) in [4.78, 5) is 22.5. The second-order valence-electron chi connectivity index (χ2n) is 12.0. The number of piperidine rings is 1. The third-order valence-corrected chi connectivity index (χ3v) is 7.73. The lowest BCUT2D eigenvalue weighted by Gasteiger charge is -2.33. The Kier molecular flexibility index (Phi) is 9.58. The molecule has 0 radical (unpaired) electrons. The van der Waals surface area contributed by atoms with Gasteiger partial charge in [0, 0.05) is 18.1 Å². The summed E-state index contributed by atoms with van der Waals surface area (Å²) in [6.45, 7) is 8.02. The van der Waals surface area contributed by atoms with Crippen LogP contribution in [0.4, 0.5) is 4.79 Å². The van der Waals surface area contributed by atoms with Gasteiger partial charge in [0.2, 0.25) is 0 Å². The van der Waals surface area contributed by atoms with Crippen molar-refractivity contribution in [2.45, 2.75) is 71.7 Å². The minimum Gasteiger partial charge on any atom is -0.486 e. The highest BCUT2D eigenvalue weighted by Gasteiger charge is 2.26. The number of rotatable bonds is 10. The summed E-state index contributed by atoms with van der Waals surface area (Å²) in [6, 6.07) is 21.7. The van der Waals surface area contributed by atoms with Gasteiger partial charge in [0.15, 0.2) is 5.75 Å². The molecule has 1 aliphatic rings. The molecule has 1 N–H and O–H groups in total. The topological polar surface area (TPSA) is 76.7 Å². The van der Waals surface area contributed by atoms with E-state index >= 15 is 0 Å². The number of hydrogen-bond acceptors (Lipinski definition) is 5. The first-order chi connectivity index (χ1) is 20.2. The van der Waals surface area contributed by atoms with E-state index in [1.165, 1.54) is 0 Å². The van der Waals surface area contributed by atoms with Gasteiger partial charge in [-0.2, -0.15) is 0 Å². The number of halogens is 1. The lowest BCUT2D eigenvalue weighted by atomic mass is 9.90. The second-order valence-corrected chi connectivity index (χ2v) is 12.4. The van der Waals surface area contributed by atoms with E-state index in [2.05, 4.69) is 29.2 Å². The number of aromatic amines is 1. The van der Waals surface area contributed by atoms with Crippen molar-refractivity contribution in [2.75, 3.05) is 13.1 Å². The standard InChI is InChI=1S/C34H40ClN3O4/c1-34(2,3)42-33(39)38-20-18-24(19-21-38)10-7-11-26-12-17-29-31(32(26)41-22-25-8-5-4-6-9-25)37-30(36-29)23-40-28-15-13-27(35)14-16-28/h4-6,8-9,12-17,24H,7,10-11,18-23H2,1-3H3,(H,36,37). The number of imidazole rings is 1. The van der Waals surface area contributed by atoms with E-state index in [9.17, 15) is 4.79 Å². The van der Waals surface area contributed by atoms with Crippen LogP contribution in [0.15, 0.2) is 66.7 Å². The summed E-state index contributed by atoms with van der Waals surface area (Å²) in [5, 5.41) is 0.671. The number of benzene rings is 3. The van der Waals surface area contributed by atoms with Crippen molar-refractivity contribution in [3.8, 4) is 11.5 Å². The molecular weight excluding hydrogens is 550 g/mol. The van der Waals surface area contributed by atoms with Gasteiger partial charge in [0.25, 0.3) is 0 Å². The Labute approximate surface area is 253 Å². The molecule has 7 nitrogen and oxygen atoms in total. The largest absolute Gasteiger partial charge is 0.486 e. The molecule has 1 fully saturated rings. The second kappa shape index (κ2) is 13.5. The predicted octanol–water partition coefficient (Wildman–Crippen LogP) is 8.34. The third kappa shape index (κ3) is 8.19. The van der Waals surface area contributed by atoms with E-state index in [1.807, 2.05) is 68.1 Å². The lowest BCUT2D eigenvalue weighted by Crippen LogP contribution is -2.41. The van der Waals surface area contributed by atoms with Gasteiger partial charge in [-0.25, -0.2) is 9.78 Å². The molecule has 2 heterocycles. The number of carbonyl (C=O) groups excluding carboxylic acids is 1. The fraction of sp³-hybridized carbons (Fsp3) is 0.412. The summed E-state index contributed by atoms with van der Waals surface area (Å²) in [7, 11) is 0. The molecule has 1 saturated heterocycles. The maximum absolute atomic E-state index is 12.4. The quantitative estimate of drug-likeness (QED) is 0.201. The summed E-state index contributed by atoms with van der Waals surface area (Å²) >= 11 is 6.00. The minimum atomic E-state index is -0.464. The number of nitrogens with one attached hydrogen (secondary N) is 1. The molecule has 1 aromatic heterocycles. The first kappa shape index (κ1) is 29.8. The minimum absolute atomic E-state index is 0.202. The normalized spacial score (nSPS) is 14.2. The molecular formula is C34H40ClN3O4. The molecule has 0 unspecified atom stereocenters. The van der Waals surface area contributed by atoms with Crippen molar-refractivity contribution in [1.29, 1.82) is 0 Å². The average Bonchev–Trinajstić information content (AvgIpc) is 3.39. The van der Waals surface area contributed by atoms with Crippen LogP contribution in [0.25, 0.3) is 11.0 Å². The summed E-state index contributed by atoms with van der Waals surface area (Å²) in [5.41, 5.74) is 3.55.